The number of hydrogen-bond donors (Lipinski definition) is 1. The maximum Gasteiger partial charge on any atom is 0.269 e. The summed E-state index contributed by atoms with van der Waals surface area (Å²) in [4.78, 5) is 11.9. The highest BCUT2D eigenvalue weighted by molar-refractivity contribution is 9.09. The number of carbonyl (C=O) groups excluding carboxylic acids is 1. The fraction of sp³-hybridized carbons (Fsp3) is 0.636. The second kappa shape index (κ2) is 6.03. The minimum absolute atomic E-state index is 0.0455. The Balaban J connectivity index is 2.72. The van der Waals surface area contributed by atoms with Crippen molar-refractivity contribution in [1.82, 2.24) is 15.1 Å². The monoisotopic (exact) mass is 287 g/mol. The molecule has 1 atom stereocenters. The normalized spacial score (nSPS) is 12.5. The molecule has 4 nitrogen and oxygen atoms in total. The third-order valence-electron chi connectivity index (χ3n) is 2.35. The maximum atomic E-state index is 11.9. The summed E-state index contributed by atoms with van der Waals surface area (Å²) in [6.45, 7) is 6.58. The van der Waals surface area contributed by atoms with E-state index >= 15 is 0 Å². The molecule has 0 aromatic carbocycles. The topological polar surface area (TPSA) is 46.9 Å². The zero-order chi connectivity index (χ0) is 12.1. The third kappa shape index (κ3) is 3.33. The smallest absolute Gasteiger partial charge is 0.269 e. The molecule has 90 valence electrons. The van der Waals surface area contributed by atoms with Crippen LogP contribution in [0.4, 0.5) is 0 Å². The Morgan fingerprint density at radius 2 is 2.38 bits per heavy atom. The van der Waals surface area contributed by atoms with Crippen molar-refractivity contribution in [1.29, 1.82) is 0 Å². The van der Waals surface area contributed by atoms with Crippen LogP contribution in [0.5, 0.6) is 0 Å². The molecule has 0 spiro atoms. The van der Waals surface area contributed by atoms with E-state index in [-0.39, 0.29) is 11.9 Å². The number of halogens is 1. The Hall–Kier alpha value is -0.840. The van der Waals surface area contributed by atoms with Crippen LogP contribution >= 0.6 is 15.9 Å². The fourth-order valence-corrected chi connectivity index (χ4v) is 2.19. The SMILES string of the molecule is CCn1nc(C)cc1C(=O)NC(C)CCBr. The first-order valence-electron chi connectivity index (χ1n) is 5.49. The lowest BCUT2D eigenvalue weighted by Gasteiger charge is -2.12. The van der Waals surface area contributed by atoms with Gasteiger partial charge in [-0.1, -0.05) is 15.9 Å². The highest BCUT2D eigenvalue weighted by Crippen LogP contribution is 2.05. The van der Waals surface area contributed by atoms with Gasteiger partial charge in [0, 0.05) is 17.9 Å². The first-order chi connectivity index (χ1) is 7.58. The molecule has 0 fully saturated rings. The van der Waals surface area contributed by atoms with E-state index in [4.69, 9.17) is 0 Å². The molecule has 0 radical (unpaired) electrons. The Morgan fingerprint density at radius 3 is 2.94 bits per heavy atom. The highest BCUT2D eigenvalue weighted by Gasteiger charge is 2.14. The van der Waals surface area contributed by atoms with Crippen molar-refractivity contribution >= 4 is 21.8 Å². The molecule has 1 aromatic heterocycles. The van der Waals surface area contributed by atoms with Gasteiger partial charge in [0.15, 0.2) is 0 Å². The molecule has 5 heteroatoms. The van der Waals surface area contributed by atoms with E-state index in [2.05, 4.69) is 26.3 Å². The molecule has 1 amide bonds. The van der Waals surface area contributed by atoms with Gasteiger partial charge in [0.1, 0.15) is 5.69 Å². The molecule has 0 aliphatic heterocycles. The first kappa shape index (κ1) is 13.2. The van der Waals surface area contributed by atoms with E-state index < -0.39 is 0 Å². The van der Waals surface area contributed by atoms with Gasteiger partial charge < -0.3 is 5.32 Å². The van der Waals surface area contributed by atoms with Crippen LogP contribution in [0.25, 0.3) is 0 Å². The van der Waals surface area contributed by atoms with E-state index in [1.807, 2.05) is 26.8 Å². The molecule has 0 bridgehead atoms. The molecule has 1 heterocycles. The highest BCUT2D eigenvalue weighted by atomic mass is 79.9. The number of hydrogen-bond acceptors (Lipinski definition) is 2. The number of amides is 1. The second-order valence-corrected chi connectivity index (χ2v) is 4.63. The van der Waals surface area contributed by atoms with Crippen LogP contribution in [0, 0.1) is 6.92 Å². The van der Waals surface area contributed by atoms with Crippen molar-refractivity contribution in [3.63, 3.8) is 0 Å². The quantitative estimate of drug-likeness (QED) is 0.844. The number of nitrogens with one attached hydrogen (secondary N) is 1. The summed E-state index contributed by atoms with van der Waals surface area (Å²) >= 11 is 3.36. The van der Waals surface area contributed by atoms with Crippen LogP contribution in [0.1, 0.15) is 36.5 Å². The molecule has 16 heavy (non-hydrogen) atoms. The molecule has 1 rings (SSSR count). The summed E-state index contributed by atoms with van der Waals surface area (Å²) in [5.41, 5.74) is 1.52. The number of nitrogens with zero attached hydrogens (tertiary/aromatic N) is 2. The van der Waals surface area contributed by atoms with E-state index in [1.54, 1.807) is 4.68 Å². The minimum Gasteiger partial charge on any atom is -0.348 e. The van der Waals surface area contributed by atoms with E-state index in [9.17, 15) is 4.79 Å². The van der Waals surface area contributed by atoms with Gasteiger partial charge >= 0.3 is 0 Å². The van der Waals surface area contributed by atoms with Crippen LogP contribution in [-0.2, 0) is 6.54 Å². The van der Waals surface area contributed by atoms with Crippen molar-refractivity contribution in [3.8, 4) is 0 Å². The second-order valence-electron chi connectivity index (χ2n) is 3.84. The first-order valence-corrected chi connectivity index (χ1v) is 6.62. The van der Waals surface area contributed by atoms with Crippen LogP contribution in [0.15, 0.2) is 6.07 Å². The average Bonchev–Trinajstić information content (AvgIpc) is 2.59. The fourth-order valence-electron chi connectivity index (χ4n) is 1.50. The van der Waals surface area contributed by atoms with Gasteiger partial charge in [-0.3, -0.25) is 9.48 Å². The number of rotatable bonds is 5. The Bertz CT molecular complexity index is 362. The molecule has 0 aliphatic rings. The van der Waals surface area contributed by atoms with E-state index in [1.165, 1.54) is 0 Å². The van der Waals surface area contributed by atoms with Gasteiger partial charge in [-0.2, -0.15) is 5.10 Å². The summed E-state index contributed by atoms with van der Waals surface area (Å²) < 4.78 is 1.73. The van der Waals surface area contributed by atoms with Gasteiger partial charge in [0.05, 0.1) is 5.69 Å². The van der Waals surface area contributed by atoms with Crippen molar-refractivity contribution in [3.05, 3.63) is 17.5 Å². The van der Waals surface area contributed by atoms with Crippen LogP contribution in [0.2, 0.25) is 0 Å². The van der Waals surface area contributed by atoms with Crippen molar-refractivity contribution in [2.75, 3.05) is 5.33 Å². The molecule has 0 saturated carbocycles. The molecule has 1 unspecified atom stereocenters. The summed E-state index contributed by atoms with van der Waals surface area (Å²) in [6, 6.07) is 1.99. The molecule has 0 aliphatic carbocycles. The molecular weight excluding hydrogens is 270 g/mol. The third-order valence-corrected chi connectivity index (χ3v) is 2.81. The van der Waals surface area contributed by atoms with E-state index in [0.717, 1.165) is 17.4 Å². The lowest BCUT2D eigenvalue weighted by atomic mass is 10.2. The Kier molecular flexibility index (Phi) is 4.99. The van der Waals surface area contributed by atoms with Gasteiger partial charge in [-0.15, -0.1) is 0 Å². The molecule has 1 aromatic rings. The zero-order valence-electron chi connectivity index (χ0n) is 9.96. The van der Waals surface area contributed by atoms with Gasteiger partial charge in [-0.25, -0.2) is 0 Å². The summed E-state index contributed by atoms with van der Waals surface area (Å²) in [7, 11) is 0. The zero-order valence-corrected chi connectivity index (χ0v) is 11.5. The Morgan fingerprint density at radius 1 is 1.69 bits per heavy atom. The summed E-state index contributed by atoms with van der Waals surface area (Å²) in [6.07, 6.45) is 0.922. The van der Waals surface area contributed by atoms with Crippen LogP contribution in [0.3, 0.4) is 0 Å². The van der Waals surface area contributed by atoms with Crippen molar-refractivity contribution in [2.24, 2.45) is 0 Å². The maximum absolute atomic E-state index is 11.9. The minimum atomic E-state index is -0.0455. The van der Waals surface area contributed by atoms with Gasteiger partial charge in [0.2, 0.25) is 0 Å². The number of aryl methyl sites for hydroxylation is 2. The Labute approximate surface area is 105 Å². The van der Waals surface area contributed by atoms with Gasteiger partial charge in [0.25, 0.3) is 5.91 Å². The number of carbonyl (C=O) groups is 1. The van der Waals surface area contributed by atoms with Crippen LogP contribution < -0.4 is 5.32 Å². The average molecular weight is 288 g/mol. The number of aromatic nitrogens is 2. The van der Waals surface area contributed by atoms with E-state index in [0.29, 0.717) is 12.2 Å². The summed E-state index contributed by atoms with van der Waals surface area (Å²) in [5, 5.41) is 8.09. The van der Waals surface area contributed by atoms with Gasteiger partial charge in [-0.05, 0) is 33.3 Å². The van der Waals surface area contributed by atoms with Crippen molar-refractivity contribution < 1.29 is 4.79 Å². The molecule has 0 saturated heterocycles. The predicted octanol–water partition coefficient (Wildman–Crippen LogP) is 2.11. The predicted molar refractivity (Wildman–Crippen MR) is 68.0 cm³/mol. The standard InChI is InChI=1S/C11H18BrN3O/c1-4-15-10(7-9(3)14-15)11(16)13-8(2)5-6-12/h7-8H,4-6H2,1-3H3,(H,13,16). The lowest BCUT2D eigenvalue weighted by molar-refractivity contribution is 0.0929. The van der Waals surface area contributed by atoms with Crippen molar-refractivity contribution in [2.45, 2.75) is 39.8 Å². The summed E-state index contributed by atoms with van der Waals surface area (Å²) in [5.74, 6) is -0.0455. The largest absolute Gasteiger partial charge is 0.348 e. The molecule has 1 N–H and O–H groups in total. The molecular formula is C11H18BrN3O. The number of alkyl halides is 1. The van der Waals surface area contributed by atoms with Crippen LogP contribution in [-0.4, -0.2) is 27.1 Å². The lowest BCUT2D eigenvalue weighted by Crippen LogP contribution is -2.34.